The Hall–Kier alpha value is -7.10. The maximum atomic E-state index is 16.1. The molecule has 4 N–H and O–H groups in total. The SMILES string of the molecule is Cc1c(C)c(C)c2c(c1C)C(=O)c1c(c(O)c3c(O)c4c(C)c(C)c(C)c(C)c4c(O)c3c1O)C2=O.Cc1c(C)c(C)c2c(c1C)C(F)(F)c1c(F)c3c(c(F)c1C2(F)F)C(F)(F)c1c(C)c(C)c(C)c(C)c1C3(F)F. The van der Waals surface area contributed by atoms with Crippen molar-refractivity contribution in [3.05, 3.63) is 167 Å². The molecule has 10 rings (SSSR count). The maximum absolute atomic E-state index is 16.1. The second-order valence-electron chi connectivity index (χ2n) is 21.0. The van der Waals surface area contributed by atoms with E-state index >= 15 is 43.9 Å². The van der Waals surface area contributed by atoms with Crippen LogP contribution < -0.4 is 0 Å². The van der Waals surface area contributed by atoms with Crippen LogP contribution in [0.4, 0.5) is 43.9 Å². The Morgan fingerprint density at radius 1 is 0.250 bits per heavy atom. The topological polar surface area (TPSA) is 115 Å². The number of fused-ring (bicyclic) bond motifs is 8. The van der Waals surface area contributed by atoms with Crippen molar-refractivity contribution in [2.75, 3.05) is 0 Å². The Labute approximate surface area is 430 Å². The zero-order chi connectivity index (χ0) is 57.1. The average Bonchev–Trinajstić information content (AvgIpc) is 3.51. The summed E-state index contributed by atoms with van der Waals surface area (Å²) in [5.41, 5.74) is -9.83. The number of aromatic hydroxyl groups is 4. The van der Waals surface area contributed by atoms with Gasteiger partial charge in [-0.1, -0.05) is 0 Å². The number of aryl methyl sites for hydroxylation is 2. The fourth-order valence-electron chi connectivity index (χ4n) is 12.5. The molecule has 16 heteroatoms. The highest BCUT2D eigenvalue weighted by molar-refractivity contribution is 6.35. The van der Waals surface area contributed by atoms with Gasteiger partial charge in [-0.15, -0.1) is 0 Å². The fourth-order valence-corrected chi connectivity index (χ4v) is 12.5. The molecule has 76 heavy (non-hydrogen) atoms. The van der Waals surface area contributed by atoms with Crippen LogP contribution >= 0.6 is 0 Å². The van der Waals surface area contributed by atoms with Crippen LogP contribution in [0.25, 0.3) is 21.5 Å². The zero-order valence-corrected chi connectivity index (χ0v) is 44.4. The lowest BCUT2D eigenvalue weighted by Gasteiger charge is -2.42. The summed E-state index contributed by atoms with van der Waals surface area (Å²) in [5, 5.41) is 45.8. The van der Waals surface area contributed by atoms with E-state index in [2.05, 4.69) is 0 Å². The molecule has 0 unspecified atom stereocenters. The molecule has 0 amide bonds. The normalized spacial score (nSPS) is 16.2. The van der Waals surface area contributed by atoms with Crippen LogP contribution in [0.1, 0.15) is 165 Å². The van der Waals surface area contributed by atoms with Crippen molar-refractivity contribution in [1.82, 2.24) is 0 Å². The van der Waals surface area contributed by atoms with E-state index in [1.54, 1.807) is 27.7 Å². The summed E-state index contributed by atoms with van der Waals surface area (Å²) >= 11 is 0. The number of rotatable bonds is 0. The van der Waals surface area contributed by atoms with Gasteiger partial charge in [-0.2, -0.15) is 35.1 Å². The quantitative estimate of drug-likeness (QED) is 0.0683. The molecule has 0 saturated heterocycles. The average molecular weight is 1060 g/mol. The van der Waals surface area contributed by atoms with Crippen molar-refractivity contribution in [1.29, 1.82) is 0 Å². The molecule has 0 heterocycles. The molecular weight excluding hydrogens is 1010 g/mol. The number of alkyl halides is 8. The van der Waals surface area contributed by atoms with Crippen molar-refractivity contribution in [2.45, 2.75) is 134 Å². The van der Waals surface area contributed by atoms with Gasteiger partial charge in [0, 0.05) is 44.2 Å². The monoisotopic (exact) mass is 1060 g/mol. The number of halogens is 10. The van der Waals surface area contributed by atoms with E-state index in [1.807, 2.05) is 27.7 Å². The third kappa shape index (κ3) is 6.18. The van der Waals surface area contributed by atoms with Gasteiger partial charge in [-0.3, -0.25) is 9.59 Å². The largest absolute Gasteiger partial charge is 0.506 e. The third-order valence-electron chi connectivity index (χ3n) is 17.9. The van der Waals surface area contributed by atoms with Crippen molar-refractivity contribution in [3.63, 3.8) is 0 Å². The summed E-state index contributed by atoms with van der Waals surface area (Å²) in [4.78, 5) is 27.6. The predicted molar refractivity (Wildman–Crippen MR) is 268 cm³/mol. The molecule has 0 atom stereocenters. The molecule has 0 fully saturated rings. The van der Waals surface area contributed by atoms with Crippen LogP contribution in [0.15, 0.2) is 0 Å². The number of phenolic OH excluding ortho intramolecular Hbond substituents is 4. The number of ketones is 2. The van der Waals surface area contributed by atoms with E-state index in [1.165, 1.54) is 27.7 Å². The van der Waals surface area contributed by atoms with Gasteiger partial charge in [0.25, 0.3) is 0 Å². The Bertz CT molecular complexity index is 3620. The Morgan fingerprint density at radius 3 is 0.671 bits per heavy atom. The van der Waals surface area contributed by atoms with Gasteiger partial charge in [-0.05, 0) is 200 Å². The Kier molecular flexibility index (Phi) is 11.5. The Balaban J connectivity index is 0.000000187. The first-order valence-electron chi connectivity index (χ1n) is 24.2. The highest BCUT2D eigenvalue weighted by Crippen LogP contribution is 2.64. The van der Waals surface area contributed by atoms with E-state index in [-0.39, 0.29) is 89.0 Å². The summed E-state index contributed by atoms with van der Waals surface area (Å²) in [6.45, 7) is 24.4. The van der Waals surface area contributed by atoms with Crippen molar-refractivity contribution in [2.24, 2.45) is 0 Å². The number of benzene rings is 7. The first kappa shape index (κ1) is 53.7. The number of carbonyl (C=O) groups excluding carboxylic acids is 2. The summed E-state index contributed by atoms with van der Waals surface area (Å²) in [6.07, 6.45) is 0. The standard InChI is InChI=1S/C30H24F10.C30H28O6/c1-9-10(2)14(6)18-17(13(9)5)27(33,34)21-22(28(18,35)36)26(32)24-23(25(21)31)29(37,38)19-15(7)11(3)12(4)16(8)20(19)30(24,39)40;1-9-10(2)14(6)18-17(13(9)5)25(31)21-22(26(18)32)30(36)24-23(29(21)35)27(33)19-15(7)11(3)12(4)16(8)20(19)28(24)34/h1-8H3;31-32,35-36H,1-8H3. The highest BCUT2D eigenvalue weighted by atomic mass is 19.3. The smallest absolute Gasteiger partial charge is 0.302 e. The van der Waals surface area contributed by atoms with Gasteiger partial charge in [0.1, 0.15) is 34.6 Å². The van der Waals surface area contributed by atoms with Gasteiger partial charge >= 0.3 is 23.7 Å². The summed E-state index contributed by atoms with van der Waals surface area (Å²) < 4.78 is 161. The molecule has 0 spiro atoms. The number of hydrogen-bond acceptors (Lipinski definition) is 6. The van der Waals surface area contributed by atoms with Crippen molar-refractivity contribution < 1.29 is 73.9 Å². The predicted octanol–water partition coefficient (Wildman–Crippen LogP) is 15.7. The lowest BCUT2D eigenvalue weighted by molar-refractivity contribution is -0.0337. The molecule has 3 aliphatic carbocycles. The minimum atomic E-state index is -4.75. The van der Waals surface area contributed by atoms with Crippen LogP contribution in [-0.2, 0) is 23.7 Å². The summed E-state index contributed by atoms with van der Waals surface area (Å²) in [5.74, 6) is -27.6. The zero-order valence-electron chi connectivity index (χ0n) is 44.4. The molecule has 7 aromatic carbocycles. The Morgan fingerprint density at radius 2 is 0.447 bits per heavy atom. The fraction of sp³-hybridized carbons (Fsp3) is 0.333. The molecule has 0 saturated carbocycles. The lowest BCUT2D eigenvalue weighted by Crippen LogP contribution is -2.43. The first-order valence-corrected chi connectivity index (χ1v) is 24.2. The van der Waals surface area contributed by atoms with Gasteiger partial charge in [0.2, 0.25) is 0 Å². The molecule has 3 aliphatic rings. The minimum Gasteiger partial charge on any atom is -0.506 e. The van der Waals surface area contributed by atoms with Crippen LogP contribution in [0.2, 0.25) is 0 Å². The molecule has 7 aromatic rings. The minimum absolute atomic E-state index is 0.164. The second kappa shape index (κ2) is 16.2. The van der Waals surface area contributed by atoms with Gasteiger partial charge in [0.15, 0.2) is 11.6 Å². The summed E-state index contributed by atoms with van der Waals surface area (Å²) in [6, 6.07) is 0. The number of carbonyl (C=O) groups is 2. The molecule has 0 bridgehead atoms. The number of phenols is 4. The lowest BCUT2D eigenvalue weighted by atomic mass is 9.69. The van der Waals surface area contributed by atoms with Crippen molar-refractivity contribution in [3.8, 4) is 23.0 Å². The third-order valence-corrected chi connectivity index (χ3v) is 17.9. The molecule has 6 nitrogen and oxygen atoms in total. The van der Waals surface area contributed by atoms with Crippen molar-refractivity contribution >= 4 is 33.1 Å². The summed E-state index contributed by atoms with van der Waals surface area (Å²) in [7, 11) is 0. The first-order chi connectivity index (χ1) is 34.8. The molecule has 0 aliphatic heterocycles. The van der Waals surface area contributed by atoms with Crippen LogP contribution in [0.5, 0.6) is 23.0 Å². The maximum Gasteiger partial charge on any atom is 0.302 e. The molecule has 0 aromatic heterocycles. The van der Waals surface area contributed by atoms with E-state index < -0.39 is 103 Å². The highest BCUT2D eigenvalue weighted by Gasteiger charge is 2.65. The van der Waals surface area contributed by atoms with E-state index in [4.69, 9.17) is 0 Å². The van der Waals surface area contributed by atoms with E-state index in [9.17, 15) is 30.0 Å². The van der Waals surface area contributed by atoms with Gasteiger partial charge < -0.3 is 20.4 Å². The molecule has 398 valence electrons. The number of hydrogen-bond donors (Lipinski definition) is 4. The van der Waals surface area contributed by atoms with Crippen LogP contribution in [-0.4, -0.2) is 32.0 Å². The van der Waals surface area contributed by atoms with Gasteiger partial charge in [0.05, 0.1) is 44.2 Å². The van der Waals surface area contributed by atoms with E-state index in [0.717, 1.165) is 49.9 Å². The molecule has 0 radical (unpaired) electrons. The van der Waals surface area contributed by atoms with Crippen LogP contribution in [0.3, 0.4) is 0 Å². The molecular formula is C60H52F10O6. The van der Waals surface area contributed by atoms with Crippen LogP contribution in [0, 0.1) is 122 Å². The van der Waals surface area contributed by atoms with Gasteiger partial charge in [-0.25, -0.2) is 8.78 Å². The second-order valence-corrected chi connectivity index (χ2v) is 21.0. The van der Waals surface area contributed by atoms with E-state index in [0.29, 0.717) is 33.0 Å².